The largest absolute Gasteiger partial charge is 0.348 e. The van der Waals surface area contributed by atoms with Crippen LogP contribution in [0, 0.1) is 0 Å². The van der Waals surface area contributed by atoms with Crippen LogP contribution in [0.1, 0.15) is 0 Å². The number of carbonyl (C=O) groups excluding carboxylic acids is 1. The molecule has 17 heavy (non-hydrogen) atoms. The molecule has 0 aromatic heterocycles. The molecule has 94 valence electrons. The van der Waals surface area contributed by atoms with E-state index in [-0.39, 0.29) is 5.91 Å². The standard InChI is InChI=1S/C13H20N2OS/c1-14(2)13(16)11-15(3)9-10-17-12-7-5-4-6-8-12/h4-8H,9-11H2,1-3H3. The van der Waals surface area contributed by atoms with Crippen LogP contribution in [0.3, 0.4) is 0 Å². The van der Waals surface area contributed by atoms with Gasteiger partial charge in [0, 0.05) is 31.3 Å². The molecule has 0 spiro atoms. The molecule has 0 aliphatic heterocycles. The molecule has 1 rings (SSSR count). The lowest BCUT2D eigenvalue weighted by Gasteiger charge is -2.18. The van der Waals surface area contributed by atoms with E-state index in [1.807, 2.05) is 37.0 Å². The smallest absolute Gasteiger partial charge is 0.236 e. The van der Waals surface area contributed by atoms with E-state index in [4.69, 9.17) is 0 Å². The van der Waals surface area contributed by atoms with Crippen molar-refractivity contribution in [2.24, 2.45) is 0 Å². The molecule has 0 aliphatic carbocycles. The lowest BCUT2D eigenvalue weighted by Crippen LogP contribution is -2.35. The van der Waals surface area contributed by atoms with Gasteiger partial charge in [0.15, 0.2) is 0 Å². The number of amides is 1. The highest BCUT2D eigenvalue weighted by Gasteiger charge is 2.07. The molecule has 1 aromatic rings. The number of benzene rings is 1. The molecule has 0 radical (unpaired) electrons. The van der Waals surface area contributed by atoms with Crippen LogP contribution in [0.15, 0.2) is 35.2 Å². The minimum Gasteiger partial charge on any atom is -0.348 e. The average Bonchev–Trinajstić information content (AvgIpc) is 2.30. The van der Waals surface area contributed by atoms with E-state index in [0.29, 0.717) is 6.54 Å². The Bertz CT molecular complexity index is 341. The maximum absolute atomic E-state index is 11.5. The maximum atomic E-state index is 11.5. The third kappa shape index (κ3) is 5.75. The molecule has 1 amide bonds. The number of rotatable bonds is 6. The minimum atomic E-state index is 0.150. The Morgan fingerprint density at radius 3 is 2.41 bits per heavy atom. The molecule has 0 bridgehead atoms. The minimum absolute atomic E-state index is 0.150. The Labute approximate surface area is 108 Å². The summed E-state index contributed by atoms with van der Waals surface area (Å²) in [6.45, 7) is 1.40. The van der Waals surface area contributed by atoms with Crippen molar-refractivity contribution in [1.29, 1.82) is 0 Å². The highest BCUT2D eigenvalue weighted by molar-refractivity contribution is 7.99. The third-order valence-corrected chi connectivity index (χ3v) is 3.38. The molecule has 0 aliphatic rings. The van der Waals surface area contributed by atoms with E-state index in [0.717, 1.165) is 12.3 Å². The fourth-order valence-electron chi connectivity index (χ4n) is 1.29. The summed E-state index contributed by atoms with van der Waals surface area (Å²) in [4.78, 5) is 16.4. The summed E-state index contributed by atoms with van der Waals surface area (Å²) in [6, 6.07) is 10.3. The predicted molar refractivity (Wildman–Crippen MR) is 73.4 cm³/mol. The Morgan fingerprint density at radius 1 is 1.18 bits per heavy atom. The number of carbonyl (C=O) groups is 1. The summed E-state index contributed by atoms with van der Waals surface area (Å²) in [5, 5.41) is 0. The van der Waals surface area contributed by atoms with Crippen LogP contribution in [0.5, 0.6) is 0 Å². The van der Waals surface area contributed by atoms with Crippen LogP contribution < -0.4 is 0 Å². The van der Waals surface area contributed by atoms with E-state index in [1.54, 1.807) is 19.0 Å². The zero-order valence-corrected chi connectivity index (χ0v) is 11.5. The van der Waals surface area contributed by atoms with E-state index in [9.17, 15) is 4.79 Å². The lowest BCUT2D eigenvalue weighted by atomic mass is 10.4. The van der Waals surface area contributed by atoms with Crippen LogP contribution in [0.25, 0.3) is 0 Å². The van der Waals surface area contributed by atoms with Crippen molar-refractivity contribution in [3.8, 4) is 0 Å². The van der Waals surface area contributed by atoms with Gasteiger partial charge in [0.05, 0.1) is 6.54 Å². The monoisotopic (exact) mass is 252 g/mol. The molecule has 0 unspecified atom stereocenters. The van der Waals surface area contributed by atoms with Gasteiger partial charge < -0.3 is 4.90 Å². The third-order valence-electron chi connectivity index (χ3n) is 2.39. The van der Waals surface area contributed by atoms with E-state index < -0.39 is 0 Å². The number of likely N-dealkylation sites (N-methyl/N-ethyl adjacent to an activating group) is 2. The first kappa shape index (κ1) is 14.1. The summed E-state index contributed by atoms with van der Waals surface area (Å²) in [6.07, 6.45) is 0. The summed E-state index contributed by atoms with van der Waals surface area (Å²) in [5.74, 6) is 1.15. The van der Waals surface area contributed by atoms with Crippen LogP contribution in [-0.4, -0.2) is 55.7 Å². The summed E-state index contributed by atoms with van der Waals surface area (Å²) in [5.41, 5.74) is 0. The van der Waals surface area contributed by atoms with Gasteiger partial charge in [-0.3, -0.25) is 9.69 Å². The van der Waals surface area contributed by atoms with Crippen molar-refractivity contribution in [2.45, 2.75) is 4.90 Å². The molecule has 0 saturated carbocycles. The SMILES string of the molecule is CN(CCSc1ccccc1)CC(=O)N(C)C. The Balaban J connectivity index is 2.20. The van der Waals surface area contributed by atoms with Crippen molar-refractivity contribution >= 4 is 17.7 Å². The van der Waals surface area contributed by atoms with Crippen LogP contribution >= 0.6 is 11.8 Å². The fraction of sp³-hybridized carbons (Fsp3) is 0.462. The van der Waals surface area contributed by atoms with E-state index in [2.05, 4.69) is 17.0 Å². The second-order valence-electron chi connectivity index (χ2n) is 4.19. The predicted octanol–water partition coefficient (Wildman–Crippen LogP) is 1.80. The van der Waals surface area contributed by atoms with E-state index >= 15 is 0 Å². The molecular weight excluding hydrogens is 232 g/mol. The molecule has 0 fully saturated rings. The molecule has 0 N–H and O–H groups in total. The number of thioether (sulfide) groups is 1. The molecule has 1 aromatic carbocycles. The zero-order valence-electron chi connectivity index (χ0n) is 10.7. The van der Waals surface area contributed by atoms with Gasteiger partial charge in [0.25, 0.3) is 0 Å². The van der Waals surface area contributed by atoms with Crippen molar-refractivity contribution in [2.75, 3.05) is 40.0 Å². The number of hydrogen-bond acceptors (Lipinski definition) is 3. The first-order valence-corrected chi connectivity index (χ1v) is 6.64. The average molecular weight is 252 g/mol. The van der Waals surface area contributed by atoms with Gasteiger partial charge in [-0.1, -0.05) is 18.2 Å². The first-order chi connectivity index (χ1) is 8.09. The van der Waals surface area contributed by atoms with Crippen molar-refractivity contribution in [1.82, 2.24) is 9.80 Å². The first-order valence-electron chi connectivity index (χ1n) is 5.66. The molecule has 0 atom stereocenters. The molecular formula is C13H20N2OS. The molecule has 4 heteroatoms. The summed E-state index contributed by atoms with van der Waals surface area (Å²) < 4.78 is 0. The van der Waals surface area contributed by atoms with Gasteiger partial charge in [0.1, 0.15) is 0 Å². The summed E-state index contributed by atoms with van der Waals surface area (Å²) in [7, 11) is 5.55. The van der Waals surface area contributed by atoms with Gasteiger partial charge in [-0.05, 0) is 19.2 Å². The van der Waals surface area contributed by atoms with Crippen molar-refractivity contribution < 1.29 is 4.79 Å². The fourth-order valence-corrected chi connectivity index (χ4v) is 2.28. The van der Waals surface area contributed by atoms with Crippen LogP contribution in [0.4, 0.5) is 0 Å². The number of nitrogens with zero attached hydrogens (tertiary/aromatic N) is 2. The number of hydrogen-bond donors (Lipinski definition) is 0. The molecule has 3 nitrogen and oxygen atoms in total. The maximum Gasteiger partial charge on any atom is 0.236 e. The molecule has 0 heterocycles. The highest BCUT2D eigenvalue weighted by Crippen LogP contribution is 2.16. The quantitative estimate of drug-likeness (QED) is 0.721. The van der Waals surface area contributed by atoms with Gasteiger partial charge >= 0.3 is 0 Å². The highest BCUT2D eigenvalue weighted by atomic mass is 32.2. The Kier molecular flexibility index (Phi) is 6.08. The lowest BCUT2D eigenvalue weighted by molar-refractivity contribution is -0.129. The van der Waals surface area contributed by atoms with Gasteiger partial charge in [-0.25, -0.2) is 0 Å². The van der Waals surface area contributed by atoms with Crippen molar-refractivity contribution in [3.63, 3.8) is 0 Å². The normalized spacial score (nSPS) is 10.6. The molecule has 0 saturated heterocycles. The zero-order chi connectivity index (χ0) is 12.7. The van der Waals surface area contributed by atoms with Crippen LogP contribution in [0.2, 0.25) is 0 Å². The van der Waals surface area contributed by atoms with Gasteiger partial charge in [-0.15, -0.1) is 11.8 Å². The second-order valence-corrected chi connectivity index (χ2v) is 5.36. The van der Waals surface area contributed by atoms with Crippen LogP contribution in [-0.2, 0) is 4.79 Å². The van der Waals surface area contributed by atoms with Gasteiger partial charge in [0.2, 0.25) is 5.91 Å². The van der Waals surface area contributed by atoms with Gasteiger partial charge in [-0.2, -0.15) is 0 Å². The Morgan fingerprint density at radius 2 is 1.82 bits per heavy atom. The summed E-state index contributed by atoms with van der Waals surface area (Å²) >= 11 is 1.82. The van der Waals surface area contributed by atoms with Crippen molar-refractivity contribution in [3.05, 3.63) is 30.3 Å². The Hall–Kier alpha value is -1.00. The second kappa shape index (κ2) is 7.35. The van der Waals surface area contributed by atoms with E-state index in [1.165, 1.54) is 4.90 Å². The topological polar surface area (TPSA) is 23.6 Å².